The number of hydrogen-bond acceptors (Lipinski definition) is 2. The van der Waals surface area contributed by atoms with Crippen LogP contribution in [0.15, 0.2) is 18.2 Å². The molecule has 1 aromatic rings. The van der Waals surface area contributed by atoms with Crippen LogP contribution in [0, 0.1) is 5.82 Å². The minimum atomic E-state index is -0.332. The van der Waals surface area contributed by atoms with Gasteiger partial charge in [0.15, 0.2) is 0 Å². The van der Waals surface area contributed by atoms with Crippen molar-refractivity contribution in [1.29, 1.82) is 0 Å². The molecule has 0 aromatic heterocycles. The fourth-order valence-corrected chi connectivity index (χ4v) is 4.06. The minimum Gasteiger partial charge on any atom is -0.311 e. The van der Waals surface area contributed by atoms with E-state index in [-0.39, 0.29) is 16.4 Å². The molecule has 1 saturated carbocycles. The van der Waals surface area contributed by atoms with Crippen LogP contribution in [-0.4, -0.2) is 29.6 Å². The van der Waals surface area contributed by atoms with Crippen molar-refractivity contribution in [2.75, 3.05) is 13.1 Å². The van der Waals surface area contributed by atoms with Crippen molar-refractivity contribution in [2.24, 2.45) is 0 Å². The van der Waals surface area contributed by atoms with Crippen LogP contribution < -0.4 is 5.32 Å². The maximum Gasteiger partial charge on any atom is 0.141 e. The molecule has 0 bridgehead atoms. The van der Waals surface area contributed by atoms with Crippen LogP contribution in [0.1, 0.15) is 44.6 Å². The van der Waals surface area contributed by atoms with Crippen LogP contribution in [0.5, 0.6) is 0 Å². The Morgan fingerprint density at radius 2 is 2.10 bits per heavy atom. The topological polar surface area (TPSA) is 15.3 Å². The molecule has 2 aliphatic rings. The Hall–Kier alpha value is -0.640. The largest absolute Gasteiger partial charge is 0.311 e. The summed E-state index contributed by atoms with van der Waals surface area (Å²) in [6.07, 6.45) is 6.52. The summed E-state index contributed by atoms with van der Waals surface area (Å²) in [6.45, 7) is 5.23. The van der Waals surface area contributed by atoms with Gasteiger partial charge in [-0.15, -0.1) is 0 Å². The molecule has 21 heavy (non-hydrogen) atoms. The summed E-state index contributed by atoms with van der Waals surface area (Å²) in [5.74, 6) is -0.332. The molecule has 1 N–H and O–H groups in total. The van der Waals surface area contributed by atoms with Gasteiger partial charge in [-0.25, -0.2) is 4.39 Å². The van der Waals surface area contributed by atoms with Crippen LogP contribution in [0.4, 0.5) is 4.39 Å². The number of benzene rings is 1. The van der Waals surface area contributed by atoms with Gasteiger partial charge < -0.3 is 5.32 Å². The van der Waals surface area contributed by atoms with Gasteiger partial charge in [0.05, 0.1) is 5.02 Å². The van der Waals surface area contributed by atoms with Crippen molar-refractivity contribution in [3.63, 3.8) is 0 Å². The maximum absolute atomic E-state index is 13.3. The van der Waals surface area contributed by atoms with Gasteiger partial charge >= 0.3 is 0 Å². The molecule has 1 unspecified atom stereocenters. The summed E-state index contributed by atoms with van der Waals surface area (Å²) in [5.41, 5.74) is 1.39. The Balaban J connectivity index is 1.80. The molecule has 1 atom stereocenters. The molecule has 1 heterocycles. The molecule has 1 aliphatic heterocycles. The molecule has 1 aliphatic carbocycles. The molecule has 1 aromatic carbocycles. The normalized spacial score (nSPS) is 26.1. The molecule has 0 amide bonds. The van der Waals surface area contributed by atoms with Crippen molar-refractivity contribution in [1.82, 2.24) is 10.2 Å². The molecule has 1 saturated heterocycles. The van der Waals surface area contributed by atoms with E-state index in [1.165, 1.54) is 38.2 Å². The van der Waals surface area contributed by atoms with Crippen LogP contribution in [-0.2, 0) is 6.54 Å². The number of nitrogens with one attached hydrogen (secondary N) is 1. The van der Waals surface area contributed by atoms with Crippen LogP contribution in [0.25, 0.3) is 0 Å². The van der Waals surface area contributed by atoms with Gasteiger partial charge in [0.25, 0.3) is 0 Å². The molecule has 2 fully saturated rings. The Morgan fingerprint density at radius 3 is 2.81 bits per heavy atom. The minimum absolute atomic E-state index is 0.230. The Bertz CT molecular complexity index is 500. The van der Waals surface area contributed by atoms with Gasteiger partial charge in [-0.05, 0) is 37.5 Å². The molecule has 116 valence electrons. The molecule has 1 spiro atoms. The zero-order chi connectivity index (χ0) is 14.9. The first-order valence-electron chi connectivity index (χ1n) is 8.01. The van der Waals surface area contributed by atoms with Gasteiger partial charge in [0, 0.05) is 31.2 Å². The number of nitrogens with zero attached hydrogens (tertiary/aromatic N) is 1. The van der Waals surface area contributed by atoms with E-state index >= 15 is 0 Å². The predicted molar refractivity (Wildman–Crippen MR) is 85.1 cm³/mol. The van der Waals surface area contributed by atoms with E-state index in [1.807, 2.05) is 6.07 Å². The lowest BCUT2D eigenvalue weighted by molar-refractivity contribution is 0.00616. The van der Waals surface area contributed by atoms with Gasteiger partial charge in [-0.2, -0.15) is 0 Å². The van der Waals surface area contributed by atoms with Gasteiger partial charge in [0.2, 0.25) is 0 Å². The van der Waals surface area contributed by atoms with E-state index in [0.29, 0.717) is 6.04 Å². The second kappa shape index (κ2) is 6.23. The van der Waals surface area contributed by atoms with Crippen molar-refractivity contribution in [2.45, 2.75) is 57.2 Å². The number of piperazine rings is 1. The fourth-order valence-electron chi connectivity index (χ4n) is 3.86. The Labute approximate surface area is 131 Å². The van der Waals surface area contributed by atoms with Gasteiger partial charge in [-0.3, -0.25) is 4.90 Å². The number of hydrogen-bond donors (Lipinski definition) is 1. The summed E-state index contributed by atoms with van der Waals surface area (Å²) >= 11 is 5.93. The summed E-state index contributed by atoms with van der Waals surface area (Å²) in [5, 5.41) is 3.88. The number of rotatable bonds is 2. The lowest BCUT2D eigenvalue weighted by Crippen LogP contribution is -2.64. The molecular weight excluding hydrogens is 287 g/mol. The third-order valence-electron chi connectivity index (χ3n) is 5.09. The smallest absolute Gasteiger partial charge is 0.141 e. The lowest BCUT2D eigenvalue weighted by atomic mass is 9.78. The highest BCUT2D eigenvalue weighted by Crippen LogP contribution is 2.36. The average Bonchev–Trinajstić information content (AvgIpc) is 2.48. The highest BCUT2D eigenvalue weighted by Gasteiger charge is 2.41. The van der Waals surface area contributed by atoms with E-state index in [2.05, 4.69) is 17.1 Å². The first-order chi connectivity index (χ1) is 10.1. The van der Waals surface area contributed by atoms with Gasteiger partial charge in [0.1, 0.15) is 5.82 Å². The summed E-state index contributed by atoms with van der Waals surface area (Å²) < 4.78 is 13.3. The average molecular weight is 311 g/mol. The molecule has 2 nitrogen and oxygen atoms in total. The summed E-state index contributed by atoms with van der Waals surface area (Å²) in [4.78, 5) is 2.61. The third-order valence-corrected chi connectivity index (χ3v) is 5.38. The van der Waals surface area contributed by atoms with E-state index in [9.17, 15) is 4.39 Å². The highest BCUT2D eigenvalue weighted by molar-refractivity contribution is 6.30. The second-order valence-electron chi connectivity index (χ2n) is 6.70. The number of halogens is 2. The maximum atomic E-state index is 13.3. The van der Waals surface area contributed by atoms with Crippen molar-refractivity contribution >= 4 is 11.6 Å². The monoisotopic (exact) mass is 310 g/mol. The Kier molecular flexibility index (Phi) is 4.53. The second-order valence-corrected chi connectivity index (χ2v) is 7.10. The quantitative estimate of drug-likeness (QED) is 0.889. The highest BCUT2D eigenvalue weighted by atomic mass is 35.5. The van der Waals surface area contributed by atoms with Crippen molar-refractivity contribution in [3.05, 3.63) is 34.6 Å². The molecule has 0 radical (unpaired) electrons. The van der Waals surface area contributed by atoms with E-state index in [4.69, 9.17) is 11.6 Å². The van der Waals surface area contributed by atoms with Crippen LogP contribution in [0.3, 0.4) is 0 Å². The van der Waals surface area contributed by atoms with Gasteiger partial charge in [-0.1, -0.05) is 36.9 Å². The zero-order valence-corrected chi connectivity index (χ0v) is 13.4. The SMILES string of the molecule is CC1CN(Cc2ccc(F)c(Cl)c2)C2(CCCCC2)CN1. The predicted octanol–water partition coefficient (Wildman–Crippen LogP) is 3.98. The lowest BCUT2D eigenvalue weighted by Gasteiger charge is -2.51. The van der Waals surface area contributed by atoms with Crippen LogP contribution in [0.2, 0.25) is 5.02 Å². The van der Waals surface area contributed by atoms with E-state index in [1.54, 1.807) is 6.07 Å². The molecular formula is C17H24ClFN2. The van der Waals surface area contributed by atoms with Crippen molar-refractivity contribution < 1.29 is 4.39 Å². The van der Waals surface area contributed by atoms with E-state index < -0.39 is 0 Å². The summed E-state index contributed by atoms with van der Waals surface area (Å²) in [6, 6.07) is 5.63. The Morgan fingerprint density at radius 1 is 1.33 bits per heavy atom. The zero-order valence-electron chi connectivity index (χ0n) is 12.7. The van der Waals surface area contributed by atoms with Crippen molar-refractivity contribution in [3.8, 4) is 0 Å². The molecule has 4 heteroatoms. The summed E-state index contributed by atoms with van der Waals surface area (Å²) in [7, 11) is 0. The standard InChI is InChI=1S/C17H24ClFN2/c1-13-10-21(11-14-5-6-16(19)15(18)9-14)17(12-20-13)7-3-2-4-8-17/h5-6,9,13,20H,2-4,7-8,10-12H2,1H3. The first kappa shape index (κ1) is 15.3. The first-order valence-corrected chi connectivity index (χ1v) is 8.39. The molecule has 3 rings (SSSR count). The third kappa shape index (κ3) is 3.25. The fraction of sp³-hybridized carbons (Fsp3) is 0.647. The van der Waals surface area contributed by atoms with Crippen LogP contribution >= 0.6 is 11.6 Å². The van der Waals surface area contributed by atoms with E-state index in [0.717, 1.165) is 25.2 Å².